The molecular formula is C19H27N3O6S. The first kappa shape index (κ1) is 24.5. The number of esters is 1. The lowest BCUT2D eigenvalue weighted by atomic mass is 10.2. The van der Waals surface area contributed by atoms with Gasteiger partial charge in [0.05, 0.1) is 13.0 Å². The third kappa shape index (κ3) is 11.1. The van der Waals surface area contributed by atoms with Gasteiger partial charge in [-0.15, -0.1) is 0 Å². The number of nitrogens with one attached hydrogen (secondary N) is 3. The van der Waals surface area contributed by atoms with Crippen LogP contribution in [-0.4, -0.2) is 63.5 Å². The van der Waals surface area contributed by atoms with Gasteiger partial charge in [0.1, 0.15) is 6.61 Å². The van der Waals surface area contributed by atoms with Crippen molar-refractivity contribution in [2.24, 2.45) is 0 Å². The number of thiocarbonyl (C=S) groups is 1. The standard InChI is InChI=1S/C19H27N3O6S/c1-26-10-4-9-20-18(25)14-5-3-6-15(13-14)21-19(29)22-16(23)7-8-17(24)28-12-11-27-2/h3,5-6,13H,4,7-12H2,1-2H3,(H,20,25)(H2,21,22,23,29). The highest BCUT2D eigenvalue weighted by atomic mass is 32.1. The van der Waals surface area contributed by atoms with E-state index in [-0.39, 0.29) is 30.5 Å². The number of carbonyl (C=O) groups is 3. The highest BCUT2D eigenvalue weighted by Gasteiger charge is 2.11. The van der Waals surface area contributed by atoms with Crippen LogP contribution in [0.2, 0.25) is 0 Å². The van der Waals surface area contributed by atoms with E-state index in [1.54, 1.807) is 31.4 Å². The van der Waals surface area contributed by atoms with Crippen LogP contribution in [-0.2, 0) is 23.8 Å². The van der Waals surface area contributed by atoms with Gasteiger partial charge in [-0.25, -0.2) is 0 Å². The van der Waals surface area contributed by atoms with Crippen LogP contribution >= 0.6 is 12.2 Å². The maximum absolute atomic E-state index is 12.1. The molecule has 0 saturated heterocycles. The lowest BCUT2D eigenvalue weighted by Gasteiger charge is -2.11. The molecule has 0 atom stereocenters. The van der Waals surface area contributed by atoms with Gasteiger partial charge in [-0.1, -0.05) is 6.07 Å². The molecule has 1 aromatic carbocycles. The van der Waals surface area contributed by atoms with Crippen molar-refractivity contribution in [1.29, 1.82) is 0 Å². The van der Waals surface area contributed by atoms with E-state index >= 15 is 0 Å². The maximum Gasteiger partial charge on any atom is 0.306 e. The molecule has 0 aromatic heterocycles. The van der Waals surface area contributed by atoms with Crippen LogP contribution in [0.15, 0.2) is 24.3 Å². The van der Waals surface area contributed by atoms with Crippen molar-refractivity contribution in [3.63, 3.8) is 0 Å². The van der Waals surface area contributed by atoms with Crippen molar-refractivity contribution < 1.29 is 28.6 Å². The molecule has 160 valence electrons. The number of anilines is 1. The Hall–Kier alpha value is -2.56. The van der Waals surface area contributed by atoms with E-state index in [2.05, 4.69) is 16.0 Å². The minimum Gasteiger partial charge on any atom is -0.463 e. The van der Waals surface area contributed by atoms with Crippen molar-refractivity contribution in [3.05, 3.63) is 29.8 Å². The summed E-state index contributed by atoms with van der Waals surface area (Å²) in [6.45, 7) is 1.52. The number of amides is 2. The van der Waals surface area contributed by atoms with Gasteiger partial charge < -0.3 is 30.2 Å². The lowest BCUT2D eigenvalue weighted by molar-refractivity contribution is -0.146. The number of methoxy groups -OCH3 is 2. The number of hydrogen-bond acceptors (Lipinski definition) is 7. The van der Waals surface area contributed by atoms with Crippen LogP contribution in [0.4, 0.5) is 5.69 Å². The summed E-state index contributed by atoms with van der Waals surface area (Å²) in [5.74, 6) is -1.12. The third-order valence-corrected chi connectivity index (χ3v) is 3.76. The SMILES string of the molecule is COCCCNC(=O)c1cccc(NC(=S)NC(=O)CCC(=O)OCCOC)c1. The number of ether oxygens (including phenoxy) is 3. The zero-order valence-corrected chi connectivity index (χ0v) is 17.4. The van der Waals surface area contributed by atoms with Crippen LogP contribution in [0.5, 0.6) is 0 Å². The van der Waals surface area contributed by atoms with Gasteiger partial charge in [0.25, 0.3) is 5.91 Å². The fourth-order valence-electron chi connectivity index (χ4n) is 2.14. The minimum absolute atomic E-state index is 0.0580. The Kier molecular flexibility index (Phi) is 12.2. The Bertz CT molecular complexity index is 698. The van der Waals surface area contributed by atoms with E-state index < -0.39 is 11.9 Å². The van der Waals surface area contributed by atoms with Gasteiger partial charge in [-0.05, 0) is 36.8 Å². The fraction of sp³-hybridized carbons (Fsp3) is 0.474. The molecule has 10 heteroatoms. The number of benzene rings is 1. The number of rotatable bonds is 12. The summed E-state index contributed by atoms with van der Waals surface area (Å²) in [5.41, 5.74) is 1.01. The molecule has 0 spiro atoms. The molecule has 0 unspecified atom stereocenters. The van der Waals surface area contributed by atoms with Gasteiger partial charge in [-0.2, -0.15) is 0 Å². The number of hydrogen-bond donors (Lipinski definition) is 3. The van der Waals surface area contributed by atoms with Crippen molar-refractivity contribution in [1.82, 2.24) is 10.6 Å². The van der Waals surface area contributed by atoms with E-state index in [9.17, 15) is 14.4 Å². The zero-order chi connectivity index (χ0) is 21.5. The molecule has 0 aliphatic heterocycles. The summed E-state index contributed by atoms with van der Waals surface area (Å²) in [6.07, 6.45) is 0.602. The predicted molar refractivity (Wildman–Crippen MR) is 112 cm³/mol. The Morgan fingerprint density at radius 1 is 1.03 bits per heavy atom. The smallest absolute Gasteiger partial charge is 0.306 e. The van der Waals surface area contributed by atoms with E-state index in [1.807, 2.05) is 0 Å². The molecule has 1 aromatic rings. The highest BCUT2D eigenvalue weighted by molar-refractivity contribution is 7.80. The van der Waals surface area contributed by atoms with Gasteiger partial charge in [0.15, 0.2) is 5.11 Å². The van der Waals surface area contributed by atoms with Crippen LogP contribution in [0.3, 0.4) is 0 Å². The normalized spacial score (nSPS) is 10.1. The van der Waals surface area contributed by atoms with E-state index in [4.69, 9.17) is 26.4 Å². The minimum atomic E-state index is -0.486. The van der Waals surface area contributed by atoms with Gasteiger partial charge in [0, 0.05) is 45.0 Å². The Morgan fingerprint density at radius 2 is 1.79 bits per heavy atom. The summed E-state index contributed by atoms with van der Waals surface area (Å²) in [5, 5.41) is 8.18. The largest absolute Gasteiger partial charge is 0.463 e. The second-order valence-corrected chi connectivity index (χ2v) is 6.31. The first-order valence-corrected chi connectivity index (χ1v) is 9.49. The second kappa shape index (κ2) is 14.4. The van der Waals surface area contributed by atoms with Crippen molar-refractivity contribution >= 4 is 40.8 Å². The molecule has 1 rings (SSSR count). The first-order valence-electron chi connectivity index (χ1n) is 9.09. The molecule has 0 saturated carbocycles. The number of carbonyl (C=O) groups excluding carboxylic acids is 3. The second-order valence-electron chi connectivity index (χ2n) is 5.90. The summed E-state index contributed by atoms with van der Waals surface area (Å²) in [7, 11) is 3.10. The van der Waals surface area contributed by atoms with Crippen LogP contribution in [0, 0.1) is 0 Å². The average molecular weight is 426 g/mol. The van der Waals surface area contributed by atoms with Gasteiger partial charge in [0.2, 0.25) is 5.91 Å². The highest BCUT2D eigenvalue weighted by Crippen LogP contribution is 2.10. The fourth-order valence-corrected chi connectivity index (χ4v) is 2.37. The van der Waals surface area contributed by atoms with Gasteiger partial charge in [-0.3, -0.25) is 14.4 Å². The maximum atomic E-state index is 12.1. The van der Waals surface area contributed by atoms with Gasteiger partial charge >= 0.3 is 5.97 Å². The summed E-state index contributed by atoms with van der Waals surface area (Å²) in [6, 6.07) is 6.71. The van der Waals surface area contributed by atoms with E-state index in [1.165, 1.54) is 7.11 Å². The van der Waals surface area contributed by atoms with Crippen LogP contribution in [0.1, 0.15) is 29.6 Å². The summed E-state index contributed by atoms with van der Waals surface area (Å²) >= 11 is 5.10. The molecule has 3 N–H and O–H groups in total. The van der Waals surface area contributed by atoms with Crippen LogP contribution < -0.4 is 16.0 Å². The van der Waals surface area contributed by atoms with Crippen LogP contribution in [0.25, 0.3) is 0 Å². The molecule has 2 amide bonds. The Balaban J connectivity index is 2.40. The Labute approximate surface area is 175 Å². The monoisotopic (exact) mass is 425 g/mol. The molecule has 0 aliphatic carbocycles. The molecule has 0 fully saturated rings. The van der Waals surface area contributed by atoms with Crippen molar-refractivity contribution in [3.8, 4) is 0 Å². The topological polar surface area (TPSA) is 115 Å². The predicted octanol–water partition coefficient (Wildman–Crippen LogP) is 1.24. The molecule has 0 bridgehead atoms. The zero-order valence-electron chi connectivity index (χ0n) is 16.6. The van der Waals surface area contributed by atoms with Crippen molar-refractivity contribution in [2.45, 2.75) is 19.3 Å². The molecule has 0 aliphatic rings. The van der Waals surface area contributed by atoms with Crippen molar-refractivity contribution in [2.75, 3.05) is 45.9 Å². The lowest BCUT2D eigenvalue weighted by Crippen LogP contribution is -2.34. The average Bonchev–Trinajstić information content (AvgIpc) is 2.70. The van der Waals surface area contributed by atoms with E-state index in [0.717, 1.165) is 6.42 Å². The molecule has 0 radical (unpaired) electrons. The molecular weight excluding hydrogens is 398 g/mol. The Morgan fingerprint density at radius 3 is 2.52 bits per heavy atom. The first-order chi connectivity index (χ1) is 14.0. The third-order valence-electron chi connectivity index (χ3n) is 3.55. The van der Waals surface area contributed by atoms with E-state index in [0.29, 0.717) is 31.0 Å². The quantitative estimate of drug-likeness (QED) is 0.260. The molecule has 29 heavy (non-hydrogen) atoms. The molecule has 9 nitrogen and oxygen atoms in total. The summed E-state index contributed by atoms with van der Waals surface area (Å²) < 4.78 is 14.6. The summed E-state index contributed by atoms with van der Waals surface area (Å²) in [4.78, 5) is 35.5. The molecule has 0 heterocycles.